The molecule has 0 aliphatic rings. The first-order valence-electron chi connectivity index (χ1n) is 6.63. The van der Waals surface area contributed by atoms with E-state index in [0.717, 1.165) is 16.7 Å². The molecule has 0 saturated heterocycles. The van der Waals surface area contributed by atoms with Gasteiger partial charge in [-0.05, 0) is 35.7 Å². The van der Waals surface area contributed by atoms with Crippen LogP contribution < -0.4 is 4.72 Å². The molecule has 0 aromatic heterocycles. The topological polar surface area (TPSA) is 55.4 Å². The summed E-state index contributed by atoms with van der Waals surface area (Å²) in [6.07, 6.45) is 0. The molecule has 0 bridgehead atoms. The van der Waals surface area contributed by atoms with Crippen molar-refractivity contribution in [1.82, 2.24) is 0 Å². The fraction of sp³-hybridized carbons (Fsp3) is 0.250. The molecule has 0 unspecified atom stereocenters. The number of hydrogen-bond donors (Lipinski definition) is 1. The Morgan fingerprint density at radius 3 is 2.57 bits per heavy atom. The number of nitrogens with one attached hydrogen (secondary N) is 1. The summed E-state index contributed by atoms with van der Waals surface area (Å²) in [4.78, 5) is 0. The van der Waals surface area contributed by atoms with E-state index in [1.807, 2.05) is 37.3 Å². The van der Waals surface area contributed by atoms with Crippen molar-refractivity contribution in [3.05, 3.63) is 65.2 Å². The Hall–Kier alpha value is -1.85. The zero-order valence-electron chi connectivity index (χ0n) is 12.2. The SMILES string of the molecule is COCc1cccc(NS(=O)(=O)Cc2ccccc2C)c1. The van der Waals surface area contributed by atoms with Gasteiger partial charge in [0.15, 0.2) is 0 Å². The molecule has 0 aliphatic carbocycles. The Kier molecular flexibility index (Phi) is 4.98. The molecular formula is C16H19NO3S. The van der Waals surface area contributed by atoms with Crippen molar-refractivity contribution in [2.75, 3.05) is 11.8 Å². The van der Waals surface area contributed by atoms with Crippen molar-refractivity contribution in [1.29, 1.82) is 0 Å². The largest absolute Gasteiger partial charge is 0.380 e. The fourth-order valence-electron chi connectivity index (χ4n) is 2.08. The highest BCUT2D eigenvalue weighted by atomic mass is 32.2. The average molecular weight is 305 g/mol. The van der Waals surface area contributed by atoms with E-state index in [4.69, 9.17) is 4.74 Å². The molecule has 0 heterocycles. The Labute approximate surface area is 125 Å². The highest BCUT2D eigenvalue weighted by molar-refractivity contribution is 7.91. The minimum atomic E-state index is -3.43. The van der Waals surface area contributed by atoms with E-state index in [9.17, 15) is 8.42 Å². The molecule has 4 nitrogen and oxygen atoms in total. The number of sulfonamides is 1. The smallest absolute Gasteiger partial charge is 0.236 e. The van der Waals surface area contributed by atoms with Gasteiger partial charge in [0, 0.05) is 12.8 Å². The monoisotopic (exact) mass is 305 g/mol. The van der Waals surface area contributed by atoms with Crippen LogP contribution in [0.4, 0.5) is 5.69 Å². The Balaban J connectivity index is 2.14. The molecule has 2 rings (SSSR count). The third kappa shape index (κ3) is 4.58. The van der Waals surface area contributed by atoms with Crippen molar-refractivity contribution in [2.24, 2.45) is 0 Å². The van der Waals surface area contributed by atoms with E-state index in [2.05, 4.69) is 4.72 Å². The third-order valence-corrected chi connectivity index (χ3v) is 4.36. The molecule has 0 fully saturated rings. The molecule has 1 N–H and O–H groups in total. The number of rotatable bonds is 6. The van der Waals surface area contributed by atoms with Gasteiger partial charge in [0.2, 0.25) is 10.0 Å². The average Bonchev–Trinajstić information content (AvgIpc) is 2.41. The second-order valence-electron chi connectivity index (χ2n) is 4.92. The van der Waals surface area contributed by atoms with Crippen LogP contribution in [0.2, 0.25) is 0 Å². The summed E-state index contributed by atoms with van der Waals surface area (Å²) in [7, 11) is -1.83. The number of methoxy groups -OCH3 is 1. The summed E-state index contributed by atoms with van der Waals surface area (Å²) in [5.41, 5.74) is 3.25. The van der Waals surface area contributed by atoms with Crippen LogP contribution in [0.15, 0.2) is 48.5 Å². The predicted molar refractivity (Wildman–Crippen MR) is 84.6 cm³/mol. The number of aryl methyl sites for hydroxylation is 1. The molecule has 0 saturated carbocycles. The summed E-state index contributed by atoms with van der Waals surface area (Å²) in [6, 6.07) is 14.7. The van der Waals surface area contributed by atoms with Crippen molar-refractivity contribution in [2.45, 2.75) is 19.3 Å². The van der Waals surface area contributed by atoms with E-state index in [0.29, 0.717) is 12.3 Å². The molecule has 2 aromatic carbocycles. The zero-order chi connectivity index (χ0) is 15.3. The second kappa shape index (κ2) is 6.74. The Bertz CT molecular complexity index is 711. The highest BCUT2D eigenvalue weighted by Gasteiger charge is 2.13. The number of benzene rings is 2. The maximum absolute atomic E-state index is 12.2. The lowest BCUT2D eigenvalue weighted by Gasteiger charge is -2.10. The first-order valence-corrected chi connectivity index (χ1v) is 8.28. The van der Waals surface area contributed by atoms with Crippen molar-refractivity contribution < 1.29 is 13.2 Å². The molecule has 5 heteroatoms. The van der Waals surface area contributed by atoms with E-state index >= 15 is 0 Å². The number of anilines is 1. The molecule has 2 aromatic rings. The lowest BCUT2D eigenvalue weighted by Crippen LogP contribution is -2.15. The van der Waals surface area contributed by atoms with Gasteiger partial charge >= 0.3 is 0 Å². The second-order valence-corrected chi connectivity index (χ2v) is 6.64. The molecule has 0 radical (unpaired) electrons. The van der Waals surface area contributed by atoms with E-state index in [-0.39, 0.29) is 5.75 Å². The van der Waals surface area contributed by atoms with Crippen molar-refractivity contribution in [3.63, 3.8) is 0 Å². The normalized spacial score (nSPS) is 11.3. The quantitative estimate of drug-likeness (QED) is 0.892. The number of hydrogen-bond acceptors (Lipinski definition) is 3. The summed E-state index contributed by atoms with van der Waals surface area (Å²) >= 11 is 0. The van der Waals surface area contributed by atoms with Crippen LogP contribution in [-0.4, -0.2) is 15.5 Å². The summed E-state index contributed by atoms with van der Waals surface area (Å²) in [5, 5.41) is 0. The minimum absolute atomic E-state index is 0.0336. The van der Waals surface area contributed by atoms with Crippen LogP contribution in [0.25, 0.3) is 0 Å². The summed E-state index contributed by atoms with van der Waals surface area (Å²) in [6.45, 7) is 2.36. The van der Waals surface area contributed by atoms with Crippen LogP contribution >= 0.6 is 0 Å². The lowest BCUT2D eigenvalue weighted by atomic mass is 10.1. The minimum Gasteiger partial charge on any atom is -0.380 e. The van der Waals surface area contributed by atoms with Crippen LogP contribution in [0, 0.1) is 6.92 Å². The van der Waals surface area contributed by atoms with Gasteiger partial charge < -0.3 is 4.74 Å². The van der Waals surface area contributed by atoms with Gasteiger partial charge in [-0.3, -0.25) is 4.72 Å². The molecule has 21 heavy (non-hydrogen) atoms. The van der Waals surface area contributed by atoms with Gasteiger partial charge in [-0.1, -0.05) is 36.4 Å². The van der Waals surface area contributed by atoms with Crippen LogP contribution in [-0.2, 0) is 27.1 Å². The molecule has 0 atom stereocenters. The van der Waals surface area contributed by atoms with Gasteiger partial charge in [-0.2, -0.15) is 0 Å². The first kappa shape index (κ1) is 15.5. The van der Waals surface area contributed by atoms with Gasteiger partial charge in [0.05, 0.1) is 12.4 Å². The fourth-order valence-corrected chi connectivity index (χ4v) is 3.38. The zero-order valence-corrected chi connectivity index (χ0v) is 13.0. The highest BCUT2D eigenvalue weighted by Crippen LogP contribution is 2.16. The predicted octanol–water partition coefficient (Wildman–Crippen LogP) is 3.08. The maximum atomic E-state index is 12.2. The van der Waals surface area contributed by atoms with Gasteiger partial charge in [0.25, 0.3) is 0 Å². The van der Waals surface area contributed by atoms with Crippen molar-refractivity contribution in [3.8, 4) is 0 Å². The summed E-state index contributed by atoms with van der Waals surface area (Å²) in [5.74, 6) is -0.0336. The Morgan fingerprint density at radius 2 is 1.86 bits per heavy atom. The van der Waals surface area contributed by atoms with E-state index < -0.39 is 10.0 Å². The van der Waals surface area contributed by atoms with Crippen LogP contribution in [0.5, 0.6) is 0 Å². The van der Waals surface area contributed by atoms with E-state index in [1.165, 1.54) is 0 Å². The molecule has 0 amide bonds. The van der Waals surface area contributed by atoms with E-state index in [1.54, 1.807) is 25.3 Å². The molecule has 0 spiro atoms. The standard InChI is InChI=1S/C16H19NO3S/c1-13-6-3-4-8-15(13)12-21(18,19)17-16-9-5-7-14(10-16)11-20-2/h3-10,17H,11-12H2,1-2H3. The first-order chi connectivity index (χ1) is 10.00. The molecular weight excluding hydrogens is 286 g/mol. The molecule has 0 aliphatic heterocycles. The van der Waals surface area contributed by atoms with Gasteiger partial charge in [-0.25, -0.2) is 8.42 Å². The van der Waals surface area contributed by atoms with Crippen LogP contribution in [0.1, 0.15) is 16.7 Å². The number of ether oxygens (including phenoxy) is 1. The Morgan fingerprint density at radius 1 is 1.10 bits per heavy atom. The lowest BCUT2D eigenvalue weighted by molar-refractivity contribution is 0.185. The van der Waals surface area contributed by atoms with Crippen LogP contribution in [0.3, 0.4) is 0 Å². The van der Waals surface area contributed by atoms with Gasteiger partial charge in [-0.15, -0.1) is 0 Å². The molecule has 112 valence electrons. The van der Waals surface area contributed by atoms with Gasteiger partial charge in [0.1, 0.15) is 0 Å². The third-order valence-electron chi connectivity index (χ3n) is 3.12. The maximum Gasteiger partial charge on any atom is 0.236 e. The van der Waals surface area contributed by atoms with Crippen molar-refractivity contribution >= 4 is 15.7 Å². The summed E-state index contributed by atoms with van der Waals surface area (Å²) < 4.78 is 32.2.